The SMILES string of the molecule is CCCCOC(=O)C(Cc1cscn1)N=Cc1cc(C)on1. The molecule has 118 valence electrons. The van der Waals surface area contributed by atoms with E-state index in [-0.39, 0.29) is 5.97 Å². The topological polar surface area (TPSA) is 77.6 Å². The van der Waals surface area contributed by atoms with E-state index in [1.54, 1.807) is 18.5 Å². The third kappa shape index (κ3) is 5.07. The van der Waals surface area contributed by atoms with E-state index in [4.69, 9.17) is 9.26 Å². The number of unbranched alkanes of at least 4 members (excludes halogenated alkanes) is 1. The highest BCUT2D eigenvalue weighted by atomic mass is 32.1. The van der Waals surface area contributed by atoms with E-state index in [0.29, 0.717) is 24.5 Å². The summed E-state index contributed by atoms with van der Waals surface area (Å²) in [4.78, 5) is 20.7. The molecule has 6 nitrogen and oxygen atoms in total. The quantitative estimate of drug-likeness (QED) is 0.424. The molecule has 0 aliphatic carbocycles. The molecular weight excluding hydrogens is 302 g/mol. The van der Waals surface area contributed by atoms with Crippen molar-refractivity contribution in [1.29, 1.82) is 0 Å². The van der Waals surface area contributed by atoms with Crippen LogP contribution < -0.4 is 0 Å². The summed E-state index contributed by atoms with van der Waals surface area (Å²) in [5, 5.41) is 5.73. The maximum Gasteiger partial charge on any atom is 0.331 e. The maximum atomic E-state index is 12.2. The molecule has 0 spiro atoms. The molecule has 0 N–H and O–H groups in total. The van der Waals surface area contributed by atoms with Crippen molar-refractivity contribution in [2.75, 3.05) is 6.61 Å². The van der Waals surface area contributed by atoms with Crippen molar-refractivity contribution in [2.24, 2.45) is 4.99 Å². The number of aliphatic imine (C=N–C) groups is 1. The molecule has 1 unspecified atom stereocenters. The molecule has 0 aliphatic heterocycles. The van der Waals surface area contributed by atoms with Crippen molar-refractivity contribution >= 4 is 23.5 Å². The summed E-state index contributed by atoms with van der Waals surface area (Å²) in [5.41, 5.74) is 3.15. The maximum absolute atomic E-state index is 12.2. The Kier molecular flexibility index (Phi) is 6.27. The molecule has 0 amide bonds. The van der Waals surface area contributed by atoms with Gasteiger partial charge in [-0.2, -0.15) is 0 Å². The van der Waals surface area contributed by atoms with Crippen molar-refractivity contribution in [3.05, 3.63) is 34.1 Å². The Labute approximate surface area is 133 Å². The highest BCUT2D eigenvalue weighted by Crippen LogP contribution is 2.09. The van der Waals surface area contributed by atoms with Crippen LogP contribution in [-0.2, 0) is 16.0 Å². The van der Waals surface area contributed by atoms with Crippen molar-refractivity contribution < 1.29 is 14.1 Å². The lowest BCUT2D eigenvalue weighted by Gasteiger charge is -2.10. The van der Waals surface area contributed by atoms with Crippen LogP contribution in [0.25, 0.3) is 0 Å². The third-order valence-electron chi connectivity index (χ3n) is 2.93. The fourth-order valence-electron chi connectivity index (χ4n) is 1.76. The zero-order valence-electron chi connectivity index (χ0n) is 12.7. The van der Waals surface area contributed by atoms with Gasteiger partial charge in [0.05, 0.1) is 24.0 Å². The summed E-state index contributed by atoms with van der Waals surface area (Å²) in [6.45, 7) is 4.27. The molecule has 0 aromatic carbocycles. The summed E-state index contributed by atoms with van der Waals surface area (Å²) >= 11 is 1.49. The summed E-state index contributed by atoms with van der Waals surface area (Å²) in [6, 6.07) is 1.14. The van der Waals surface area contributed by atoms with Crippen LogP contribution in [-0.4, -0.2) is 35.0 Å². The number of aryl methyl sites for hydroxylation is 1. The molecule has 0 aliphatic rings. The van der Waals surface area contributed by atoms with Gasteiger partial charge in [-0.25, -0.2) is 9.78 Å². The van der Waals surface area contributed by atoms with E-state index in [1.165, 1.54) is 17.6 Å². The van der Waals surface area contributed by atoms with E-state index in [9.17, 15) is 4.79 Å². The lowest BCUT2D eigenvalue weighted by molar-refractivity contribution is -0.145. The van der Waals surface area contributed by atoms with Crippen LogP contribution in [0.2, 0.25) is 0 Å². The van der Waals surface area contributed by atoms with E-state index in [0.717, 1.165) is 18.5 Å². The molecule has 1 atom stereocenters. The molecule has 22 heavy (non-hydrogen) atoms. The first-order valence-electron chi connectivity index (χ1n) is 7.19. The average molecular weight is 321 g/mol. The van der Waals surface area contributed by atoms with Gasteiger partial charge in [0.2, 0.25) is 0 Å². The van der Waals surface area contributed by atoms with Gasteiger partial charge in [-0.3, -0.25) is 4.99 Å². The van der Waals surface area contributed by atoms with Gasteiger partial charge < -0.3 is 9.26 Å². The smallest absolute Gasteiger partial charge is 0.331 e. The van der Waals surface area contributed by atoms with E-state index in [1.807, 2.05) is 12.3 Å². The van der Waals surface area contributed by atoms with Gasteiger partial charge in [0.1, 0.15) is 11.5 Å². The number of aromatic nitrogens is 2. The molecule has 2 heterocycles. The number of carbonyl (C=O) groups excluding carboxylic acids is 1. The first kappa shape index (κ1) is 16.4. The molecule has 0 radical (unpaired) electrons. The van der Waals surface area contributed by atoms with E-state index in [2.05, 4.69) is 15.1 Å². The fourth-order valence-corrected chi connectivity index (χ4v) is 2.33. The zero-order chi connectivity index (χ0) is 15.8. The standard InChI is InChI=1S/C15H19N3O3S/c1-3-4-5-20-15(19)14(7-13-9-22-10-17-13)16-8-12-6-11(2)21-18-12/h6,8-10,14H,3-5,7H2,1-2H3. The molecule has 0 saturated heterocycles. The van der Waals surface area contributed by atoms with Gasteiger partial charge in [-0.05, 0) is 13.3 Å². The fraction of sp³-hybridized carbons (Fsp3) is 0.467. The molecular formula is C15H19N3O3S. The number of rotatable bonds is 8. The molecule has 2 aromatic rings. The highest BCUT2D eigenvalue weighted by Gasteiger charge is 2.20. The second kappa shape index (κ2) is 8.43. The zero-order valence-corrected chi connectivity index (χ0v) is 13.5. The Bertz CT molecular complexity index is 607. The molecule has 0 bridgehead atoms. The van der Waals surface area contributed by atoms with Crippen LogP contribution in [0, 0.1) is 6.92 Å². The van der Waals surface area contributed by atoms with Crippen LogP contribution in [0.1, 0.15) is 36.9 Å². The number of esters is 1. The minimum Gasteiger partial charge on any atom is -0.464 e. The Balaban J connectivity index is 2.03. The summed E-state index contributed by atoms with van der Waals surface area (Å²) in [7, 11) is 0. The molecule has 2 rings (SSSR count). The number of carbonyl (C=O) groups is 1. The normalized spacial score (nSPS) is 12.6. The lowest BCUT2D eigenvalue weighted by atomic mass is 10.2. The summed E-state index contributed by atoms with van der Waals surface area (Å²) < 4.78 is 10.2. The van der Waals surface area contributed by atoms with Crippen LogP contribution in [0.15, 0.2) is 26.5 Å². The summed E-state index contributed by atoms with van der Waals surface area (Å²) in [5.74, 6) is 0.362. The monoisotopic (exact) mass is 321 g/mol. The number of ether oxygens (including phenoxy) is 1. The Morgan fingerprint density at radius 1 is 1.59 bits per heavy atom. The van der Waals surface area contributed by atoms with Gasteiger partial charge in [-0.1, -0.05) is 18.5 Å². The predicted molar refractivity (Wildman–Crippen MR) is 84.3 cm³/mol. The largest absolute Gasteiger partial charge is 0.464 e. The molecule has 0 fully saturated rings. The van der Waals surface area contributed by atoms with Crippen LogP contribution in [0.5, 0.6) is 0 Å². The molecule has 2 aromatic heterocycles. The Morgan fingerprint density at radius 2 is 2.45 bits per heavy atom. The second-order valence-corrected chi connectivity index (χ2v) is 5.58. The minimum absolute atomic E-state index is 0.335. The first-order chi connectivity index (χ1) is 10.7. The average Bonchev–Trinajstić information content (AvgIpc) is 3.15. The first-order valence-corrected chi connectivity index (χ1v) is 8.13. The number of hydrogen-bond acceptors (Lipinski definition) is 7. The highest BCUT2D eigenvalue weighted by molar-refractivity contribution is 7.07. The Morgan fingerprint density at radius 3 is 3.09 bits per heavy atom. The molecule has 0 saturated carbocycles. The lowest BCUT2D eigenvalue weighted by Crippen LogP contribution is -2.25. The number of thiazole rings is 1. The second-order valence-electron chi connectivity index (χ2n) is 4.86. The van der Waals surface area contributed by atoms with Gasteiger partial charge in [0.25, 0.3) is 0 Å². The molecule has 7 heteroatoms. The van der Waals surface area contributed by atoms with Crippen molar-refractivity contribution in [3.63, 3.8) is 0 Å². The third-order valence-corrected chi connectivity index (χ3v) is 3.57. The van der Waals surface area contributed by atoms with Crippen LogP contribution in [0.3, 0.4) is 0 Å². The van der Waals surface area contributed by atoms with Crippen molar-refractivity contribution in [2.45, 2.75) is 39.2 Å². The van der Waals surface area contributed by atoms with Crippen molar-refractivity contribution in [1.82, 2.24) is 10.1 Å². The number of nitrogens with zero attached hydrogens (tertiary/aromatic N) is 3. The van der Waals surface area contributed by atoms with E-state index < -0.39 is 6.04 Å². The van der Waals surface area contributed by atoms with Crippen LogP contribution >= 0.6 is 11.3 Å². The Hall–Kier alpha value is -2.02. The van der Waals surface area contributed by atoms with Gasteiger partial charge in [0, 0.05) is 17.9 Å². The van der Waals surface area contributed by atoms with Gasteiger partial charge in [0.15, 0.2) is 6.04 Å². The minimum atomic E-state index is -0.615. The van der Waals surface area contributed by atoms with Crippen molar-refractivity contribution in [3.8, 4) is 0 Å². The van der Waals surface area contributed by atoms with E-state index >= 15 is 0 Å². The van der Waals surface area contributed by atoms with Gasteiger partial charge in [-0.15, -0.1) is 11.3 Å². The van der Waals surface area contributed by atoms with Crippen LogP contribution in [0.4, 0.5) is 0 Å². The summed E-state index contributed by atoms with van der Waals surface area (Å²) in [6.07, 6.45) is 3.78. The number of hydrogen-bond donors (Lipinski definition) is 0. The predicted octanol–water partition coefficient (Wildman–Crippen LogP) is 2.81. The van der Waals surface area contributed by atoms with Gasteiger partial charge >= 0.3 is 5.97 Å².